The first-order valence-electron chi connectivity index (χ1n) is 12.3. The van der Waals surface area contributed by atoms with Gasteiger partial charge in [-0.25, -0.2) is 21.9 Å². The molecule has 2 aromatic rings. The van der Waals surface area contributed by atoms with Gasteiger partial charge in [-0.1, -0.05) is 23.2 Å². The molecule has 6 nitrogen and oxygen atoms in total. The highest BCUT2D eigenvalue weighted by atomic mass is 35.5. The van der Waals surface area contributed by atoms with E-state index in [4.69, 9.17) is 27.9 Å². The van der Waals surface area contributed by atoms with Gasteiger partial charge >= 0.3 is 0 Å². The number of hydrogen-bond acceptors (Lipinski definition) is 5. The number of carbonyl (C=O) groups is 1. The summed E-state index contributed by atoms with van der Waals surface area (Å²) in [5.74, 6) is -1.78. The van der Waals surface area contributed by atoms with Gasteiger partial charge in [-0.2, -0.15) is 0 Å². The Morgan fingerprint density at radius 1 is 1.11 bits per heavy atom. The van der Waals surface area contributed by atoms with Gasteiger partial charge in [-0.15, -0.1) is 0 Å². The average molecular weight is 583 g/mol. The molecule has 5 rings (SSSR count). The highest BCUT2D eigenvalue weighted by Gasteiger charge is 2.38. The van der Waals surface area contributed by atoms with Crippen LogP contribution in [-0.4, -0.2) is 36.8 Å². The summed E-state index contributed by atoms with van der Waals surface area (Å²) in [5, 5.41) is 0.396. The summed E-state index contributed by atoms with van der Waals surface area (Å²) in [6.45, 7) is 1.52. The lowest BCUT2D eigenvalue weighted by Gasteiger charge is -2.31. The second-order valence-electron chi connectivity index (χ2n) is 9.99. The van der Waals surface area contributed by atoms with Crippen molar-refractivity contribution in [3.8, 4) is 5.75 Å². The molecule has 1 atom stereocenters. The standard InChI is InChI=1S/C27H26Cl2F2N2O4S/c1-16(18-10-19(28)12-20(29)11-18)33-8-6-27(31,7-9-33)15-37-25-14-24(30)23(13-22(25)17-2-3-17)26(34)32-38(35,36)21-4-5-21/h6-14,16-17,21H,2-5,15H2,1H3,(H,32,34)/t16-/m0/s1. The molecule has 1 aliphatic heterocycles. The van der Waals surface area contributed by atoms with Gasteiger partial charge in [0, 0.05) is 28.5 Å². The Hall–Kier alpha value is -2.62. The molecule has 3 aliphatic rings. The van der Waals surface area contributed by atoms with Crippen molar-refractivity contribution in [3.05, 3.63) is 87.4 Å². The van der Waals surface area contributed by atoms with Crippen LogP contribution in [0.25, 0.3) is 0 Å². The summed E-state index contributed by atoms with van der Waals surface area (Å²) in [4.78, 5) is 14.3. The van der Waals surface area contributed by atoms with Crippen molar-refractivity contribution in [2.75, 3.05) is 6.61 Å². The topological polar surface area (TPSA) is 75.7 Å². The van der Waals surface area contributed by atoms with Gasteiger partial charge in [0.15, 0.2) is 5.67 Å². The maximum absolute atomic E-state index is 15.6. The first-order valence-corrected chi connectivity index (χ1v) is 14.6. The summed E-state index contributed by atoms with van der Waals surface area (Å²) in [6.07, 6.45) is 8.47. The van der Waals surface area contributed by atoms with Crippen molar-refractivity contribution >= 4 is 39.1 Å². The van der Waals surface area contributed by atoms with Gasteiger partial charge in [0.05, 0.1) is 16.9 Å². The van der Waals surface area contributed by atoms with Gasteiger partial charge in [0.2, 0.25) is 10.0 Å². The molecule has 0 spiro atoms. The fourth-order valence-electron chi connectivity index (χ4n) is 4.29. The normalized spacial score (nSPS) is 19.3. The lowest BCUT2D eigenvalue weighted by molar-refractivity contribution is 0.0977. The minimum absolute atomic E-state index is 0.0334. The average Bonchev–Trinajstić information content (AvgIpc) is 3.75. The number of amides is 1. The second kappa shape index (κ2) is 10.2. The molecule has 2 aromatic carbocycles. The zero-order valence-electron chi connectivity index (χ0n) is 20.5. The Labute approximate surface area is 230 Å². The maximum Gasteiger partial charge on any atom is 0.267 e. The number of sulfonamides is 1. The van der Waals surface area contributed by atoms with E-state index in [0.29, 0.717) is 28.5 Å². The van der Waals surface area contributed by atoms with Crippen molar-refractivity contribution in [1.29, 1.82) is 0 Å². The number of nitrogens with zero attached hydrogens (tertiary/aromatic N) is 1. The minimum Gasteiger partial charge on any atom is -0.489 e. The monoisotopic (exact) mass is 582 g/mol. The first-order chi connectivity index (χ1) is 17.9. The number of nitrogens with one attached hydrogen (secondary N) is 1. The number of ether oxygens (including phenoxy) is 1. The molecule has 2 aliphatic carbocycles. The molecule has 2 fully saturated rings. The zero-order chi connectivity index (χ0) is 27.2. The summed E-state index contributed by atoms with van der Waals surface area (Å²) in [5.41, 5.74) is -0.908. The Morgan fingerprint density at radius 3 is 2.32 bits per heavy atom. The van der Waals surface area contributed by atoms with Crippen LogP contribution in [-0.2, 0) is 10.0 Å². The summed E-state index contributed by atoms with van der Waals surface area (Å²) in [6, 6.07) is 7.40. The highest BCUT2D eigenvalue weighted by molar-refractivity contribution is 7.91. The first kappa shape index (κ1) is 27.0. The van der Waals surface area contributed by atoms with Gasteiger partial charge in [0.1, 0.15) is 18.2 Å². The molecule has 1 heterocycles. The molecular weight excluding hydrogens is 557 g/mol. The Bertz CT molecular complexity index is 1400. The number of carbonyl (C=O) groups excluding carboxylic acids is 1. The molecule has 2 saturated carbocycles. The van der Waals surface area contributed by atoms with Gasteiger partial charge in [0.25, 0.3) is 5.91 Å². The van der Waals surface area contributed by atoms with Crippen LogP contribution < -0.4 is 9.46 Å². The second-order valence-corrected chi connectivity index (χ2v) is 12.8. The molecule has 0 radical (unpaired) electrons. The van der Waals surface area contributed by atoms with Crippen LogP contribution in [0, 0.1) is 5.82 Å². The highest BCUT2D eigenvalue weighted by Crippen LogP contribution is 2.45. The van der Waals surface area contributed by atoms with E-state index in [1.54, 1.807) is 35.5 Å². The van der Waals surface area contributed by atoms with E-state index < -0.39 is 39.3 Å². The van der Waals surface area contributed by atoms with Gasteiger partial charge in [-0.3, -0.25) is 4.79 Å². The predicted octanol–water partition coefficient (Wildman–Crippen LogP) is 6.42. The van der Waals surface area contributed by atoms with Crippen LogP contribution in [0.4, 0.5) is 8.78 Å². The van der Waals surface area contributed by atoms with Crippen molar-refractivity contribution in [3.63, 3.8) is 0 Å². The van der Waals surface area contributed by atoms with Crippen molar-refractivity contribution in [1.82, 2.24) is 9.62 Å². The van der Waals surface area contributed by atoms with Gasteiger partial charge in [-0.05, 0) is 86.1 Å². The van der Waals surface area contributed by atoms with Crippen molar-refractivity contribution in [2.45, 2.75) is 55.5 Å². The largest absolute Gasteiger partial charge is 0.489 e. The Kier molecular flexibility index (Phi) is 7.22. The van der Waals surface area contributed by atoms with E-state index in [1.165, 1.54) is 18.2 Å². The smallest absolute Gasteiger partial charge is 0.267 e. The quantitative estimate of drug-likeness (QED) is 0.369. The summed E-state index contributed by atoms with van der Waals surface area (Å²) in [7, 11) is -3.82. The van der Waals surface area contributed by atoms with Crippen molar-refractivity contribution < 1.29 is 26.7 Å². The molecule has 0 aromatic heterocycles. The van der Waals surface area contributed by atoms with Gasteiger partial charge < -0.3 is 9.64 Å². The van der Waals surface area contributed by atoms with Crippen LogP contribution in [0.3, 0.4) is 0 Å². The fourth-order valence-corrected chi connectivity index (χ4v) is 6.12. The predicted molar refractivity (Wildman–Crippen MR) is 142 cm³/mol. The van der Waals surface area contributed by atoms with Crippen LogP contribution in [0.2, 0.25) is 10.0 Å². The Balaban J connectivity index is 1.28. The molecular formula is C27H26Cl2F2N2O4S. The third kappa shape index (κ3) is 6.00. The summed E-state index contributed by atoms with van der Waals surface area (Å²) < 4.78 is 62.4. The maximum atomic E-state index is 15.6. The third-order valence-corrected chi connectivity index (χ3v) is 9.13. The SMILES string of the molecule is C[C@@H](c1cc(Cl)cc(Cl)c1)N1C=CC(F)(COc2cc(F)c(C(=O)NS(=O)(=O)C3CC3)cc2C2CC2)C=C1. The molecule has 38 heavy (non-hydrogen) atoms. The Morgan fingerprint density at radius 2 is 1.74 bits per heavy atom. The van der Waals surface area contributed by atoms with E-state index in [1.807, 2.05) is 11.6 Å². The van der Waals surface area contributed by atoms with Crippen LogP contribution in [0.5, 0.6) is 5.75 Å². The number of alkyl halides is 1. The molecule has 1 N–H and O–H groups in total. The number of rotatable bonds is 9. The van der Waals surface area contributed by atoms with E-state index in [-0.39, 0.29) is 23.3 Å². The molecule has 202 valence electrons. The zero-order valence-corrected chi connectivity index (χ0v) is 22.8. The fraction of sp³-hybridized carbons (Fsp3) is 0.370. The molecule has 0 saturated heterocycles. The third-order valence-electron chi connectivity index (χ3n) is 6.87. The minimum atomic E-state index is -3.82. The molecule has 1 amide bonds. The van der Waals surface area contributed by atoms with Crippen LogP contribution in [0.15, 0.2) is 54.9 Å². The van der Waals surface area contributed by atoms with Crippen LogP contribution >= 0.6 is 23.2 Å². The molecule has 0 bridgehead atoms. The molecule has 11 heteroatoms. The number of benzene rings is 2. The number of halogens is 4. The van der Waals surface area contributed by atoms with E-state index in [0.717, 1.165) is 24.5 Å². The summed E-state index contributed by atoms with van der Waals surface area (Å²) >= 11 is 12.2. The number of hydrogen-bond donors (Lipinski definition) is 1. The molecule has 0 unspecified atom stereocenters. The van der Waals surface area contributed by atoms with Crippen LogP contribution in [0.1, 0.15) is 66.1 Å². The van der Waals surface area contributed by atoms with E-state index >= 15 is 4.39 Å². The van der Waals surface area contributed by atoms with Crippen molar-refractivity contribution in [2.24, 2.45) is 0 Å². The lowest BCUT2D eigenvalue weighted by atomic mass is 10.0. The van der Waals surface area contributed by atoms with E-state index in [2.05, 4.69) is 0 Å². The lowest BCUT2D eigenvalue weighted by Crippen LogP contribution is -2.34. The van der Waals surface area contributed by atoms with E-state index in [9.17, 15) is 17.6 Å².